The molecule has 8 heteroatoms. The first-order valence-corrected chi connectivity index (χ1v) is 12.7. The Morgan fingerprint density at radius 3 is 2.70 bits per heavy atom. The number of imide groups is 1. The molecule has 0 saturated carbocycles. The molecule has 37 heavy (non-hydrogen) atoms. The minimum absolute atomic E-state index is 0.168. The third-order valence-corrected chi connectivity index (χ3v) is 7.32. The molecular formula is C29H28N4O4. The fraction of sp³-hybridized carbons (Fsp3) is 0.310. The molecule has 3 amide bonds. The van der Waals surface area contributed by atoms with Crippen molar-refractivity contribution < 1.29 is 19.1 Å². The topological polar surface area (TPSA) is 91.8 Å². The van der Waals surface area contributed by atoms with E-state index in [1.807, 2.05) is 60.8 Å². The van der Waals surface area contributed by atoms with Crippen molar-refractivity contribution in [3.63, 3.8) is 0 Å². The van der Waals surface area contributed by atoms with Gasteiger partial charge < -0.3 is 9.64 Å². The van der Waals surface area contributed by atoms with Crippen LogP contribution in [0, 0.1) is 0 Å². The van der Waals surface area contributed by atoms with Crippen LogP contribution in [-0.2, 0) is 22.7 Å². The quantitative estimate of drug-likeness (QED) is 0.527. The molecule has 0 aliphatic carbocycles. The van der Waals surface area contributed by atoms with Gasteiger partial charge >= 0.3 is 0 Å². The molecule has 0 bridgehead atoms. The Hall–Kier alpha value is -4.04. The Kier molecular flexibility index (Phi) is 6.18. The number of piperidine rings is 1. The first-order chi connectivity index (χ1) is 18.0. The summed E-state index contributed by atoms with van der Waals surface area (Å²) in [5.41, 5.74) is 4.44. The highest BCUT2D eigenvalue weighted by Crippen LogP contribution is 2.31. The summed E-state index contributed by atoms with van der Waals surface area (Å²) in [7, 11) is 0. The Morgan fingerprint density at radius 2 is 1.86 bits per heavy atom. The van der Waals surface area contributed by atoms with Gasteiger partial charge in [-0.25, -0.2) is 0 Å². The molecule has 3 aliphatic rings. The number of hydrogen-bond donors (Lipinski definition) is 1. The van der Waals surface area contributed by atoms with Gasteiger partial charge in [0, 0.05) is 49.9 Å². The first-order valence-electron chi connectivity index (χ1n) is 12.7. The molecule has 2 aromatic carbocycles. The Labute approximate surface area is 215 Å². The van der Waals surface area contributed by atoms with Crippen molar-refractivity contribution in [2.75, 3.05) is 13.1 Å². The lowest BCUT2D eigenvalue weighted by Crippen LogP contribution is -2.52. The van der Waals surface area contributed by atoms with Gasteiger partial charge in [0.05, 0.1) is 5.69 Å². The molecule has 1 N–H and O–H groups in total. The lowest BCUT2D eigenvalue weighted by atomic mass is 10.0. The molecular weight excluding hydrogens is 468 g/mol. The number of ether oxygens (including phenoxy) is 1. The SMILES string of the molecule is O=C1CCC(N2Cc3cc(-c4cc(CN5CCC(Oc6ccccc6)C5)ccn4)ccc3C2=O)C(=O)N1. The maximum absolute atomic E-state index is 13.0. The minimum Gasteiger partial charge on any atom is -0.489 e. The summed E-state index contributed by atoms with van der Waals surface area (Å²) in [6.07, 6.45) is 3.61. The van der Waals surface area contributed by atoms with E-state index in [4.69, 9.17) is 4.74 Å². The molecule has 188 valence electrons. The second-order valence-electron chi connectivity index (χ2n) is 9.90. The lowest BCUT2D eigenvalue weighted by molar-refractivity contribution is -0.136. The van der Waals surface area contributed by atoms with E-state index in [-0.39, 0.29) is 24.3 Å². The number of carbonyl (C=O) groups is 3. The van der Waals surface area contributed by atoms with E-state index < -0.39 is 11.9 Å². The highest BCUT2D eigenvalue weighted by atomic mass is 16.5. The number of amides is 3. The van der Waals surface area contributed by atoms with Gasteiger partial charge in [-0.15, -0.1) is 0 Å². The van der Waals surface area contributed by atoms with E-state index in [0.717, 1.165) is 48.6 Å². The molecule has 2 saturated heterocycles. The summed E-state index contributed by atoms with van der Waals surface area (Å²) in [6, 6.07) is 19.2. The average Bonchev–Trinajstić information content (AvgIpc) is 3.48. The summed E-state index contributed by atoms with van der Waals surface area (Å²) < 4.78 is 6.12. The number of hydrogen-bond acceptors (Lipinski definition) is 6. The average molecular weight is 497 g/mol. The van der Waals surface area contributed by atoms with Crippen molar-refractivity contribution in [2.24, 2.45) is 0 Å². The Morgan fingerprint density at radius 1 is 1.00 bits per heavy atom. The number of likely N-dealkylation sites (tertiary alicyclic amines) is 1. The smallest absolute Gasteiger partial charge is 0.255 e. The van der Waals surface area contributed by atoms with Gasteiger partial charge in [0.2, 0.25) is 11.8 Å². The van der Waals surface area contributed by atoms with E-state index in [1.54, 1.807) is 4.90 Å². The predicted molar refractivity (Wildman–Crippen MR) is 136 cm³/mol. The molecule has 4 heterocycles. The van der Waals surface area contributed by atoms with Gasteiger partial charge in [0.15, 0.2) is 0 Å². The fourth-order valence-corrected chi connectivity index (χ4v) is 5.45. The van der Waals surface area contributed by atoms with Crippen LogP contribution >= 0.6 is 0 Å². The second-order valence-corrected chi connectivity index (χ2v) is 9.90. The summed E-state index contributed by atoms with van der Waals surface area (Å²) in [6.45, 7) is 3.03. The van der Waals surface area contributed by atoms with Gasteiger partial charge in [0.25, 0.3) is 5.91 Å². The van der Waals surface area contributed by atoms with E-state index >= 15 is 0 Å². The summed E-state index contributed by atoms with van der Waals surface area (Å²) in [5, 5.41) is 2.35. The van der Waals surface area contributed by atoms with Crippen molar-refractivity contribution in [3.8, 4) is 17.0 Å². The van der Waals surface area contributed by atoms with Gasteiger partial charge in [-0.05, 0) is 60.4 Å². The van der Waals surface area contributed by atoms with Crippen molar-refractivity contribution in [3.05, 3.63) is 83.6 Å². The van der Waals surface area contributed by atoms with Gasteiger partial charge in [0.1, 0.15) is 17.9 Å². The van der Waals surface area contributed by atoms with E-state index in [1.165, 1.54) is 5.56 Å². The molecule has 2 unspecified atom stereocenters. The second kappa shape index (κ2) is 9.78. The number of aromatic nitrogens is 1. The summed E-state index contributed by atoms with van der Waals surface area (Å²) in [4.78, 5) is 45.4. The largest absolute Gasteiger partial charge is 0.489 e. The van der Waals surface area contributed by atoms with E-state index in [9.17, 15) is 14.4 Å². The highest BCUT2D eigenvalue weighted by Gasteiger charge is 2.39. The predicted octanol–water partition coefficient (Wildman–Crippen LogP) is 3.16. The number of pyridine rings is 1. The van der Waals surface area contributed by atoms with Gasteiger partial charge in [-0.2, -0.15) is 0 Å². The Bertz CT molecular complexity index is 1360. The van der Waals surface area contributed by atoms with Crippen molar-refractivity contribution >= 4 is 17.7 Å². The fourth-order valence-electron chi connectivity index (χ4n) is 5.45. The minimum atomic E-state index is -0.613. The first kappa shape index (κ1) is 23.4. The molecule has 8 nitrogen and oxygen atoms in total. The third-order valence-electron chi connectivity index (χ3n) is 7.32. The van der Waals surface area contributed by atoms with E-state index in [0.29, 0.717) is 18.5 Å². The molecule has 3 aromatic rings. The van der Waals surface area contributed by atoms with Crippen LogP contribution in [0.4, 0.5) is 0 Å². The number of benzene rings is 2. The number of rotatable bonds is 6. The standard InChI is InChI=1S/C29H28N4O4/c34-27-9-8-26(28(35)31-27)33-17-21-15-20(6-7-24(21)29(33)36)25-14-19(10-12-30-25)16-32-13-11-23(18-32)37-22-4-2-1-3-5-22/h1-7,10,12,14-15,23,26H,8-9,11,13,16-18H2,(H,31,34,35). The molecule has 2 fully saturated rings. The van der Waals surface area contributed by atoms with Crippen molar-refractivity contribution in [1.29, 1.82) is 0 Å². The van der Waals surface area contributed by atoms with Crippen LogP contribution in [0.2, 0.25) is 0 Å². The zero-order chi connectivity index (χ0) is 25.4. The molecule has 2 atom stereocenters. The van der Waals surface area contributed by atoms with Crippen LogP contribution in [0.25, 0.3) is 11.3 Å². The van der Waals surface area contributed by atoms with Gasteiger partial charge in [-0.1, -0.05) is 24.3 Å². The highest BCUT2D eigenvalue weighted by molar-refractivity contribution is 6.05. The number of para-hydroxylation sites is 1. The molecule has 3 aliphatic heterocycles. The van der Waals surface area contributed by atoms with Crippen molar-refractivity contribution in [1.82, 2.24) is 20.1 Å². The zero-order valence-corrected chi connectivity index (χ0v) is 20.4. The van der Waals surface area contributed by atoms with Crippen LogP contribution in [0.15, 0.2) is 66.9 Å². The zero-order valence-electron chi connectivity index (χ0n) is 20.4. The van der Waals surface area contributed by atoms with Gasteiger partial charge in [-0.3, -0.25) is 29.6 Å². The normalized spacial score (nSPS) is 21.7. The Balaban J connectivity index is 1.13. The number of nitrogens with one attached hydrogen (secondary N) is 1. The van der Waals surface area contributed by atoms with Crippen LogP contribution in [0.3, 0.4) is 0 Å². The van der Waals surface area contributed by atoms with Crippen LogP contribution < -0.4 is 10.1 Å². The van der Waals surface area contributed by atoms with E-state index in [2.05, 4.69) is 21.3 Å². The molecule has 0 spiro atoms. The summed E-state index contributed by atoms with van der Waals surface area (Å²) in [5.74, 6) is 0.0584. The van der Waals surface area contributed by atoms with Crippen molar-refractivity contribution in [2.45, 2.75) is 44.5 Å². The van der Waals surface area contributed by atoms with Crippen LogP contribution in [0.1, 0.15) is 40.7 Å². The van der Waals surface area contributed by atoms with Crippen LogP contribution in [-0.4, -0.2) is 57.7 Å². The lowest BCUT2D eigenvalue weighted by Gasteiger charge is -2.29. The molecule has 0 radical (unpaired) electrons. The molecule has 1 aromatic heterocycles. The monoisotopic (exact) mass is 496 g/mol. The summed E-state index contributed by atoms with van der Waals surface area (Å²) >= 11 is 0. The third kappa shape index (κ3) is 4.84. The number of carbonyl (C=O) groups excluding carboxylic acids is 3. The maximum Gasteiger partial charge on any atom is 0.255 e. The number of nitrogens with zero attached hydrogens (tertiary/aromatic N) is 3. The van der Waals surface area contributed by atoms with Crippen LogP contribution in [0.5, 0.6) is 5.75 Å². The maximum atomic E-state index is 13.0. The number of fused-ring (bicyclic) bond motifs is 1. The molecule has 6 rings (SSSR count).